The number of hydrogen-bond acceptors (Lipinski definition) is 5. The van der Waals surface area contributed by atoms with Crippen molar-refractivity contribution >= 4 is 29.3 Å². The van der Waals surface area contributed by atoms with Gasteiger partial charge >= 0.3 is 6.09 Å². The summed E-state index contributed by atoms with van der Waals surface area (Å²) in [5, 5.41) is 7.74. The van der Waals surface area contributed by atoms with Crippen LogP contribution in [-0.4, -0.2) is 35.0 Å². The number of para-hydroxylation sites is 2. The Morgan fingerprint density at radius 1 is 1.00 bits per heavy atom. The van der Waals surface area contributed by atoms with Crippen molar-refractivity contribution in [2.24, 2.45) is 0 Å². The van der Waals surface area contributed by atoms with E-state index in [-0.39, 0.29) is 12.5 Å². The smallest absolute Gasteiger partial charge is 0.408 e. The van der Waals surface area contributed by atoms with Gasteiger partial charge in [0, 0.05) is 12.4 Å². The van der Waals surface area contributed by atoms with Crippen LogP contribution >= 0.6 is 0 Å². The second kappa shape index (κ2) is 8.79. The first-order chi connectivity index (χ1) is 12.7. The van der Waals surface area contributed by atoms with Crippen molar-refractivity contribution in [3.63, 3.8) is 0 Å². The Labute approximate surface area is 157 Å². The molecule has 0 aliphatic heterocycles. The zero-order chi connectivity index (χ0) is 19.9. The molecule has 27 heavy (non-hydrogen) atoms. The molecule has 2 aromatic rings. The number of nitrogens with one attached hydrogen (secondary N) is 3. The molecule has 1 heterocycles. The average Bonchev–Trinajstić information content (AvgIpc) is 2.61. The largest absolute Gasteiger partial charge is 0.444 e. The zero-order valence-corrected chi connectivity index (χ0v) is 15.4. The minimum atomic E-state index is -0.684. The highest BCUT2D eigenvalue weighted by molar-refractivity contribution is 6.07. The van der Waals surface area contributed by atoms with E-state index in [0.717, 1.165) is 0 Å². The maximum atomic E-state index is 12.3. The molecule has 142 valence electrons. The minimum Gasteiger partial charge on any atom is -0.444 e. The lowest BCUT2D eigenvalue weighted by atomic mass is 10.2. The molecule has 0 unspecified atom stereocenters. The van der Waals surface area contributed by atoms with Gasteiger partial charge in [-0.15, -0.1) is 0 Å². The second-order valence-electron chi connectivity index (χ2n) is 6.65. The maximum absolute atomic E-state index is 12.3. The van der Waals surface area contributed by atoms with Crippen LogP contribution in [0.15, 0.2) is 48.8 Å². The number of carbonyl (C=O) groups is 3. The number of anilines is 2. The van der Waals surface area contributed by atoms with Crippen LogP contribution in [0, 0.1) is 0 Å². The van der Waals surface area contributed by atoms with Crippen molar-refractivity contribution in [1.82, 2.24) is 10.3 Å². The molecule has 0 aliphatic rings. The molecule has 0 saturated heterocycles. The highest BCUT2D eigenvalue weighted by Crippen LogP contribution is 2.21. The lowest BCUT2D eigenvalue weighted by Gasteiger charge is -2.19. The Morgan fingerprint density at radius 2 is 1.67 bits per heavy atom. The Balaban J connectivity index is 1.96. The first-order valence-electron chi connectivity index (χ1n) is 8.32. The molecule has 0 fully saturated rings. The summed E-state index contributed by atoms with van der Waals surface area (Å²) in [6.45, 7) is 4.93. The first kappa shape index (κ1) is 19.9. The lowest BCUT2D eigenvalue weighted by molar-refractivity contribution is -0.115. The van der Waals surface area contributed by atoms with E-state index >= 15 is 0 Å². The number of amides is 3. The predicted molar refractivity (Wildman–Crippen MR) is 101 cm³/mol. The molecule has 1 aromatic heterocycles. The molecule has 3 amide bonds. The van der Waals surface area contributed by atoms with Crippen molar-refractivity contribution in [2.45, 2.75) is 26.4 Å². The molecule has 1 aromatic carbocycles. The summed E-state index contributed by atoms with van der Waals surface area (Å²) < 4.78 is 5.07. The summed E-state index contributed by atoms with van der Waals surface area (Å²) in [5.41, 5.74) is 0.580. The number of hydrogen-bond donors (Lipinski definition) is 3. The van der Waals surface area contributed by atoms with E-state index in [1.807, 2.05) is 0 Å². The molecule has 0 radical (unpaired) electrons. The molecule has 8 nitrogen and oxygen atoms in total. The van der Waals surface area contributed by atoms with Gasteiger partial charge < -0.3 is 20.7 Å². The van der Waals surface area contributed by atoms with E-state index in [1.165, 1.54) is 6.20 Å². The van der Waals surface area contributed by atoms with Crippen LogP contribution in [0.1, 0.15) is 31.1 Å². The van der Waals surface area contributed by atoms with Gasteiger partial charge in [-0.25, -0.2) is 4.79 Å². The van der Waals surface area contributed by atoms with Gasteiger partial charge in [0.15, 0.2) is 0 Å². The maximum Gasteiger partial charge on any atom is 0.408 e. The topological polar surface area (TPSA) is 109 Å². The van der Waals surface area contributed by atoms with Crippen molar-refractivity contribution in [3.8, 4) is 0 Å². The lowest BCUT2D eigenvalue weighted by Crippen LogP contribution is -2.37. The Morgan fingerprint density at radius 3 is 2.26 bits per heavy atom. The van der Waals surface area contributed by atoms with E-state index in [0.29, 0.717) is 16.9 Å². The zero-order valence-electron chi connectivity index (χ0n) is 15.4. The van der Waals surface area contributed by atoms with Gasteiger partial charge in [-0.1, -0.05) is 12.1 Å². The molecule has 8 heteroatoms. The predicted octanol–water partition coefficient (Wildman–Crippen LogP) is 2.80. The van der Waals surface area contributed by atoms with Crippen LogP contribution < -0.4 is 16.0 Å². The second-order valence-corrected chi connectivity index (χ2v) is 6.65. The van der Waals surface area contributed by atoms with Gasteiger partial charge in [0.2, 0.25) is 5.91 Å². The summed E-state index contributed by atoms with van der Waals surface area (Å²) in [6.07, 6.45) is 2.33. The summed E-state index contributed by atoms with van der Waals surface area (Å²) in [6, 6.07) is 10.0. The molecule has 0 saturated carbocycles. The minimum absolute atomic E-state index is 0.264. The summed E-state index contributed by atoms with van der Waals surface area (Å²) in [5.74, 6) is -0.805. The van der Waals surface area contributed by atoms with E-state index in [4.69, 9.17) is 4.74 Å². The molecule has 0 bridgehead atoms. The number of pyridine rings is 1. The standard InChI is InChI=1S/C19H22N4O4/c1-19(2,3)27-18(26)21-12-16(24)22-14-8-4-5-9-15(14)23-17(25)13-7-6-10-20-11-13/h4-11H,12H2,1-3H3,(H,21,26)(H,22,24)(H,23,25). The highest BCUT2D eigenvalue weighted by atomic mass is 16.6. The van der Waals surface area contributed by atoms with Crippen LogP contribution in [0.25, 0.3) is 0 Å². The molecule has 2 rings (SSSR count). The molecule has 0 spiro atoms. The van der Waals surface area contributed by atoms with E-state index < -0.39 is 17.6 Å². The van der Waals surface area contributed by atoms with Gasteiger partial charge in [-0.2, -0.15) is 0 Å². The summed E-state index contributed by atoms with van der Waals surface area (Å²) >= 11 is 0. The van der Waals surface area contributed by atoms with E-state index in [9.17, 15) is 14.4 Å². The van der Waals surface area contributed by atoms with Gasteiger partial charge in [0.1, 0.15) is 12.1 Å². The molecule has 0 aliphatic carbocycles. The number of nitrogens with zero attached hydrogens (tertiary/aromatic N) is 1. The Bertz CT molecular complexity index is 816. The fourth-order valence-corrected chi connectivity index (χ4v) is 2.05. The normalized spacial score (nSPS) is 10.6. The third-order valence-corrected chi connectivity index (χ3v) is 3.17. The summed E-state index contributed by atoms with van der Waals surface area (Å²) in [7, 11) is 0. The van der Waals surface area contributed by atoms with Crippen LogP contribution in [0.3, 0.4) is 0 Å². The van der Waals surface area contributed by atoms with Crippen molar-refractivity contribution in [1.29, 1.82) is 0 Å². The number of ether oxygens (including phenoxy) is 1. The molecule has 3 N–H and O–H groups in total. The fraction of sp³-hybridized carbons (Fsp3) is 0.263. The van der Waals surface area contributed by atoms with E-state index in [2.05, 4.69) is 20.9 Å². The van der Waals surface area contributed by atoms with Gasteiger partial charge in [-0.05, 0) is 45.0 Å². The summed E-state index contributed by atoms with van der Waals surface area (Å²) in [4.78, 5) is 39.9. The number of benzene rings is 1. The third kappa shape index (κ3) is 6.77. The molecular formula is C19H22N4O4. The number of alkyl carbamates (subject to hydrolysis) is 1. The Kier molecular flexibility index (Phi) is 6.48. The average molecular weight is 370 g/mol. The van der Waals surface area contributed by atoms with Gasteiger partial charge in [0.05, 0.1) is 16.9 Å². The van der Waals surface area contributed by atoms with Crippen molar-refractivity contribution < 1.29 is 19.1 Å². The Hall–Kier alpha value is -3.42. The van der Waals surface area contributed by atoms with Gasteiger partial charge in [0.25, 0.3) is 5.91 Å². The first-order valence-corrected chi connectivity index (χ1v) is 8.32. The third-order valence-electron chi connectivity index (χ3n) is 3.17. The monoisotopic (exact) mass is 370 g/mol. The van der Waals surface area contributed by atoms with Crippen LogP contribution in [0.4, 0.5) is 16.2 Å². The van der Waals surface area contributed by atoms with Crippen LogP contribution in [-0.2, 0) is 9.53 Å². The fourth-order valence-electron chi connectivity index (χ4n) is 2.05. The van der Waals surface area contributed by atoms with Crippen molar-refractivity contribution in [3.05, 3.63) is 54.4 Å². The quantitative estimate of drug-likeness (QED) is 0.750. The van der Waals surface area contributed by atoms with Gasteiger partial charge in [-0.3, -0.25) is 14.6 Å². The van der Waals surface area contributed by atoms with Crippen molar-refractivity contribution in [2.75, 3.05) is 17.2 Å². The van der Waals surface area contributed by atoms with Crippen LogP contribution in [0.5, 0.6) is 0 Å². The number of carbonyl (C=O) groups excluding carboxylic acids is 3. The molecular weight excluding hydrogens is 348 g/mol. The highest BCUT2D eigenvalue weighted by Gasteiger charge is 2.17. The SMILES string of the molecule is CC(C)(C)OC(=O)NCC(=O)Nc1ccccc1NC(=O)c1cccnc1. The van der Waals surface area contributed by atoms with Crippen LogP contribution in [0.2, 0.25) is 0 Å². The number of rotatable bonds is 5. The number of aromatic nitrogens is 1. The molecule has 0 atom stereocenters. The van der Waals surface area contributed by atoms with E-state index in [1.54, 1.807) is 63.4 Å².